The summed E-state index contributed by atoms with van der Waals surface area (Å²) in [4.78, 5) is 68.9. The van der Waals surface area contributed by atoms with Crippen LogP contribution in [0.25, 0.3) is 22.0 Å². The molecule has 0 spiro atoms. The van der Waals surface area contributed by atoms with Gasteiger partial charge >= 0.3 is 5.97 Å². The number of nitrogens with one attached hydrogen (secondary N) is 1. The van der Waals surface area contributed by atoms with Crippen LogP contribution in [0.5, 0.6) is 17.5 Å². The summed E-state index contributed by atoms with van der Waals surface area (Å²) >= 11 is 0. The number of methoxy groups -OCH3 is 1. The number of aromatic nitrogens is 2. The van der Waals surface area contributed by atoms with Crippen molar-refractivity contribution in [1.82, 2.24) is 19.6 Å². The van der Waals surface area contributed by atoms with E-state index in [2.05, 4.69) is 16.6 Å². The third-order valence-corrected chi connectivity index (χ3v) is 15.4. The van der Waals surface area contributed by atoms with Crippen LogP contribution in [0, 0.1) is 29.1 Å². The monoisotopic (exact) mass is 903 g/mol. The van der Waals surface area contributed by atoms with E-state index in [1.807, 2.05) is 57.2 Å². The lowest BCUT2D eigenvalue weighted by atomic mass is 9.82. The van der Waals surface area contributed by atoms with Crippen LogP contribution in [0.3, 0.4) is 0 Å². The van der Waals surface area contributed by atoms with E-state index in [1.165, 1.54) is 18.7 Å². The Morgan fingerprint density at radius 2 is 1.86 bits per heavy atom. The summed E-state index contributed by atoms with van der Waals surface area (Å²) in [6.07, 6.45) is 6.83. The van der Waals surface area contributed by atoms with Gasteiger partial charge in [-0.2, -0.15) is 0 Å². The highest BCUT2D eigenvalue weighted by Gasteiger charge is 2.62. The van der Waals surface area contributed by atoms with E-state index < -0.39 is 92.5 Å². The van der Waals surface area contributed by atoms with E-state index >= 15 is 4.79 Å². The second-order valence-corrected chi connectivity index (χ2v) is 21.7. The van der Waals surface area contributed by atoms with Gasteiger partial charge in [-0.25, -0.2) is 18.4 Å². The fourth-order valence-electron chi connectivity index (χ4n) is 9.16. The largest absolute Gasteiger partial charge is 0.497 e. The van der Waals surface area contributed by atoms with E-state index in [-0.39, 0.29) is 43.7 Å². The van der Waals surface area contributed by atoms with Crippen LogP contribution in [0.15, 0.2) is 54.7 Å². The fraction of sp³-hybridized carbons (Fsp3) is 0.592. The molecule has 2 saturated carbocycles. The number of carbonyl (C=O) groups is 4. The van der Waals surface area contributed by atoms with Gasteiger partial charge in [0, 0.05) is 40.2 Å². The number of esters is 1. The van der Waals surface area contributed by atoms with Gasteiger partial charge in [-0.05, 0) is 133 Å². The first-order valence-electron chi connectivity index (χ1n) is 23.9. The molecule has 1 aromatic carbocycles. The van der Waals surface area contributed by atoms with Crippen LogP contribution in [0.4, 0.5) is 0 Å². The number of ether oxygens (including phenoxy) is 4. The average Bonchev–Trinajstić information content (AvgIpc) is 4.13. The maximum atomic E-state index is 15.2. The molecule has 1 saturated heterocycles. The minimum Gasteiger partial charge on any atom is -0.497 e. The molecule has 2 aliphatic carbocycles. The lowest BCUT2D eigenvalue weighted by molar-refractivity contribution is -0.160. The smallest absolute Gasteiger partial charge is 0.307 e. The topological polar surface area (TPSA) is 180 Å². The molecule has 64 heavy (non-hydrogen) atoms. The van der Waals surface area contributed by atoms with Gasteiger partial charge in [-0.15, -0.1) is 0 Å². The molecule has 0 bridgehead atoms. The highest BCUT2D eigenvalue weighted by Crippen LogP contribution is 2.58. The van der Waals surface area contributed by atoms with Crippen molar-refractivity contribution in [3.63, 3.8) is 0 Å². The number of sulfonamides is 1. The zero-order valence-corrected chi connectivity index (χ0v) is 39.0. The molecule has 4 aliphatic rings. The quantitative estimate of drug-likeness (QED) is 0.146. The predicted molar refractivity (Wildman–Crippen MR) is 242 cm³/mol. The molecule has 15 heteroatoms. The van der Waals surface area contributed by atoms with Crippen molar-refractivity contribution in [3.05, 3.63) is 54.7 Å². The summed E-state index contributed by atoms with van der Waals surface area (Å²) in [6.45, 7) is 9.20. The third kappa shape index (κ3) is 10.4. The van der Waals surface area contributed by atoms with Crippen LogP contribution < -0.4 is 18.9 Å². The molecule has 2 aliphatic heterocycles. The number of carbonyl (C=O) groups excluding carboxylic acids is 4. The maximum Gasteiger partial charge on any atom is 0.307 e. The van der Waals surface area contributed by atoms with Crippen LogP contribution in [0.2, 0.25) is 0 Å². The van der Waals surface area contributed by atoms with Gasteiger partial charge in [0.25, 0.3) is 0 Å². The Morgan fingerprint density at radius 3 is 2.53 bits per heavy atom. The Morgan fingerprint density at radius 1 is 1.09 bits per heavy atom. The molecule has 2 amide bonds. The number of hydrogen-bond acceptors (Lipinski definition) is 12. The summed E-state index contributed by atoms with van der Waals surface area (Å²) in [5.41, 5.74) is -2.01. The van der Waals surface area contributed by atoms with E-state index in [9.17, 15) is 22.8 Å². The van der Waals surface area contributed by atoms with Crippen molar-refractivity contribution < 1.29 is 50.7 Å². The zero-order chi connectivity index (χ0) is 48.9. The number of rotatable bonds is 11. The minimum atomic E-state index is -4.03. The maximum absolute atomic E-state index is 15.2. The number of pyridine rings is 2. The Labute approximate surface area is 381 Å². The normalized spacial score (nSPS) is 28.6. The van der Waals surface area contributed by atoms with Crippen LogP contribution in [-0.4, -0.2) is 89.1 Å². The average molecular weight is 904 g/mol. The fourth-order valence-corrected chi connectivity index (χ4v) is 10.5. The molecule has 14 nitrogen and oxygen atoms in total. The van der Waals surface area contributed by atoms with Crippen LogP contribution >= 0.6 is 0 Å². The SMILES string of the molecule is [2H]C([2H])([2H])C(C)(C)OC(=O)C[C@@H]1C(=O)N2CC(Oc3nc(-c4ccc(OC(C)C)nc4)cc4cc(OC)ccc34)C[C@H]2C(=O)C[C@]2(C(=O)NS(=O)(=O)C3(C)CC3)C[C@H]2/C=C\CC[C@H](C)C[C@H]1C. The molecule has 1 unspecified atom stereocenters. The molecule has 1 N–H and O–H groups in total. The Balaban J connectivity index is 1.26. The summed E-state index contributed by atoms with van der Waals surface area (Å²) in [7, 11) is -2.47. The number of benzene rings is 1. The highest BCUT2D eigenvalue weighted by atomic mass is 32.2. The van der Waals surface area contributed by atoms with E-state index in [4.69, 9.17) is 28.0 Å². The molecule has 346 valence electrons. The highest BCUT2D eigenvalue weighted by molar-refractivity contribution is 7.91. The van der Waals surface area contributed by atoms with E-state index in [0.29, 0.717) is 54.0 Å². The molecule has 2 aromatic heterocycles. The summed E-state index contributed by atoms with van der Waals surface area (Å²) in [6, 6.07) is 9.76. The second kappa shape index (κ2) is 18.1. The molecule has 7 rings (SSSR count). The number of amides is 2. The number of ketones is 1. The molecule has 0 radical (unpaired) electrons. The van der Waals surface area contributed by atoms with Crippen molar-refractivity contribution in [3.8, 4) is 28.8 Å². The molecule has 3 aromatic rings. The summed E-state index contributed by atoms with van der Waals surface area (Å²) in [5, 5.41) is 1.37. The van der Waals surface area contributed by atoms with Gasteiger partial charge in [0.2, 0.25) is 33.6 Å². The lowest BCUT2D eigenvalue weighted by Gasteiger charge is -2.32. The van der Waals surface area contributed by atoms with Gasteiger partial charge in [0.15, 0.2) is 5.78 Å². The minimum absolute atomic E-state index is 0.000469. The molecular weight excluding hydrogens is 837 g/mol. The molecule has 7 atom stereocenters. The Bertz CT molecular complexity index is 2530. The van der Waals surface area contributed by atoms with Crippen LogP contribution in [0.1, 0.15) is 117 Å². The molecular formula is C49H64N4O10S. The number of allylic oxidation sites excluding steroid dienone is 2. The first-order chi connectivity index (χ1) is 31.3. The zero-order valence-electron chi connectivity index (χ0n) is 41.1. The third-order valence-electron chi connectivity index (χ3n) is 13.2. The van der Waals surface area contributed by atoms with Crippen molar-refractivity contribution in [2.75, 3.05) is 13.7 Å². The van der Waals surface area contributed by atoms with Gasteiger partial charge < -0.3 is 23.8 Å². The second-order valence-electron chi connectivity index (χ2n) is 19.5. The van der Waals surface area contributed by atoms with Gasteiger partial charge in [-0.3, -0.25) is 23.9 Å². The summed E-state index contributed by atoms with van der Waals surface area (Å²) in [5.74, 6) is -3.04. The lowest BCUT2D eigenvalue weighted by Crippen LogP contribution is -2.48. The molecule has 4 heterocycles. The number of Topliss-reactive ketones (excluding diaryl/α,β-unsaturated/α-hetero) is 1. The standard InChI is InChI=1S/C49H64N4O10S/c1-29(2)61-42-17-14-32(27-50-42)39-22-33-21-35(60-9)15-16-37(33)44(51-39)62-36-23-40-41(54)26-49(46(57)52-64(58,59)48(8)18-19-48)25-34(49)13-11-10-12-30(3)20-31(4)38(45(56)53(40)28-36)24-43(55)63-47(5,6)7/h11,13-17,21-22,27,29-31,34,36,38,40H,10,12,18-20,23-26,28H2,1-9H3,(H,52,57)/b13-11-/t30-,31+,34+,36?,38-,40-,49+/m0/s1/i5D3. The van der Waals surface area contributed by atoms with Crippen LogP contribution in [-0.2, 0) is 33.9 Å². The Hall–Kier alpha value is -5.05. The van der Waals surface area contributed by atoms with Gasteiger partial charge in [0.1, 0.15) is 17.5 Å². The Kier molecular flexibility index (Phi) is 12.1. The first kappa shape index (κ1) is 42.9. The van der Waals surface area contributed by atoms with Crippen molar-refractivity contribution in [1.29, 1.82) is 0 Å². The van der Waals surface area contributed by atoms with E-state index in [1.54, 1.807) is 32.4 Å². The van der Waals surface area contributed by atoms with Gasteiger partial charge in [0.05, 0.1) is 54.0 Å². The number of fused-ring (bicyclic) bond motifs is 3. The van der Waals surface area contributed by atoms with Crippen molar-refractivity contribution >= 4 is 44.4 Å². The van der Waals surface area contributed by atoms with Crippen molar-refractivity contribution in [2.45, 2.75) is 142 Å². The number of hydrogen-bond donors (Lipinski definition) is 1. The predicted octanol–water partition coefficient (Wildman–Crippen LogP) is 7.77. The first-order valence-corrected chi connectivity index (χ1v) is 23.9. The number of nitrogens with zero attached hydrogens (tertiary/aromatic N) is 3. The van der Waals surface area contributed by atoms with Gasteiger partial charge in [-0.1, -0.05) is 26.0 Å². The summed E-state index contributed by atoms with van der Waals surface area (Å²) < 4.78 is 75.5. The van der Waals surface area contributed by atoms with Crippen molar-refractivity contribution in [2.24, 2.45) is 29.1 Å². The molecule has 3 fully saturated rings. The van der Waals surface area contributed by atoms with E-state index in [0.717, 1.165) is 11.8 Å².